The van der Waals surface area contributed by atoms with Crippen LogP contribution < -0.4 is 10.6 Å². The molecule has 9 heteroatoms. The van der Waals surface area contributed by atoms with E-state index in [0.717, 1.165) is 11.3 Å². The van der Waals surface area contributed by atoms with Gasteiger partial charge < -0.3 is 20.3 Å². The van der Waals surface area contributed by atoms with E-state index in [9.17, 15) is 9.59 Å². The topological polar surface area (TPSA) is 70.7 Å². The second-order valence-corrected chi connectivity index (χ2v) is 8.80. The van der Waals surface area contributed by atoms with Gasteiger partial charge in [0.25, 0.3) is 5.91 Å². The molecule has 2 aromatic rings. The highest BCUT2D eigenvalue weighted by Gasteiger charge is 2.33. The lowest BCUT2D eigenvalue weighted by Crippen LogP contribution is -2.46. The number of halogens is 2. The lowest BCUT2D eigenvalue weighted by Gasteiger charge is -2.35. The van der Waals surface area contributed by atoms with Gasteiger partial charge in [0.15, 0.2) is 5.11 Å². The van der Waals surface area contributed by atoms with Crippen LogP contribution in [0.5, 0.6) is 0 Å². The monoisotopic (exact) mass is 491 g/mol. The Morgan fingerprint density at radius 1 is 1.12 bits per heavy atom. The van der Waals surface area contributed by atoms with E-state index in [1.165, 1.54) is 6.07 Å². The van der Waals surface area contributed by atoms with Gasteiger partial charge in [0.1, 0.15) is 0 Å². The molecule has 1 atom stereocenters. The fourth-order valence-corrected chi connectivity index (χ4v) is 3.78. The number of ether oxygens (including phenoxy) is 1. The fraction of sp³-hybridized carbons (Fsp3) is 0.261. The highest BCUT2D eigenvalue weighted by molar-refractivity contribution is 7.80. The first kappa shape index (κ1) is 24.0. The van der Waals surface area contributed by atoms with Crippen LogP contribution in [0.2, 0.25) is 10.0 Å². The fourth-order valence-electron chi connectivity index (χ4n) is 3.23. The van der Waals surface area contributed by atoms with Crippen LogP contribution in [0.4, 0.5) is 5.69 Å². The normalized spacial score (nSPS) is 16.2. The zero-order chi connectivity index (χ0) is 23.6. The predicted molar refractivity (Wildman–Crippen MR) is 131 cm³/mol. The minimum absolute atomic E-state index is 0.249. The summed E-state index contributed by atoms with van der Waals surface area (Å²) in [6.45, 7) is 5.44. The van der Waals surface area contributed by atoms with Gasteiger partial charge in [0, 0.05) is 24.0 Å². The number of allylic oxidation sites excluding steroid dienone is 1. The third-order valence-corrected chi connectivity index (χ3v) is 6.13. The van der Waals surface area contributed by atoms with E-state index in [-0.39, 0.29) is 12.0 Å². The average molecular weight is 492 g/mol. The van der Waals surface area contributed by atoms with Crippen LogP contribution in [0.3, 0.4) is 0 Å². The van der Waals surface area contributed by atoms with E-state index >= 15 is 0 Å². The summed E-state index contributed by atoms with van der Waals surface area (Å²) in [7, 11) is 1.80. The summed E-state index contributed by atoms with van der Waals surface area (Å²) in [5.41, 5.74) is 3.00. The van der Waals surface area contributed by atoms with Crippen molar-refractivity contribution in [1.29, 1.82) is 0 Å². The predicted octanol–water partition coefficient (Wildman–Crippen LogP) is 5.33. The largest absolute Gasteiger partial charge is 0.459 e. The Labute approximate surface area is 202 Å². The summed E-state index contributed by atoms with van der Waals surface area (Å²) in [6, 6.07) is 11.4. The smallest absolute Gasteiger partial charge is 0.338 e. The molecule has 0 aliphatic carbocycles. The number of hydrogen-bond donors (Lipinski definition) is 2. The van der Waals surface area contributed by atoms with Crippen molar-refractivity contribution in [3.8, 4) is 0 Å². The number of carbonyl (C=O) groups excluding carboxylic acids is 2. The summed E-state index contributed by atoms with van der Waals surface area (Å²) in [6.07, 6.45) is -0.249. The molecule has 0 bridgehead atoms. The maximum absolute atomic E-state index is 12.8. The van der Waals surface area contributed by atoms with E-state index in [0.29, 0.717) is 32.0 Å². The molecule has 1 unspecified atom stereocenters. The van der Waals surface area contributed by atoms with Crippen molar-refractivity contribution in [3.63, 3.8) is 0 Å². The maximum Gasteiger partial charge on any atom is 0.338 e. The number of benzene rings is 2. The van der Waals surface area contributed by atoms with Crippen LogP contribution in [0.25, 0.3) is 0 Å². The molecule has 3 rings (SSSR count). The first-order valence-corrected chi connectivity index (χ1v) is 11.1. The number of nitrogens with one attached hydrogen (secondary N) is 2. The Morgan fingerprint density at radius 2 is 1.78 bits per heavy atom. The van der Waals surface area contributed by atoms with E-state index < -0.39 is 12.0 Å². The lowest BCUT2D eigenvalue weighted by atomic mass is 9.95. The first-order valence-electron chi connectivity index (χ1n) is 9.90. The molecule has 32 heavy (non-hydrogen) atoms. The number of thiocarbonyl (C=S) groups is 1. The SMILES string of the molecule is CC1=C(C(=O)OC(C)C)C(c2ccc(NC(=O)c3ccc(Cl)c(Cl)c3)cc2)NC(=S)N1C. The Hall–Kier alpha value is -2.61. The summed E-state index contributed by atoms with van der Waals surface area (Å²) in [4.78, 5) is 27.1. The van der Waals surface area contributed by atoms with Crippen LogP contribution in [-0.4, -0.2) is 35.0 Å². The molecule has 0 saturated carbocycles. The molecule has 1 aliphatic heterocycles. The Bertz CT molecular complexity index is 1100. The molecule has 6 nitrogen and oxygen atoms in total. The van der Waals surface area contributed by atoms with Crippen molar-refractivity contribution in [2.24, 2.45) is 0 Å². The molecule has 0 saturated heterocycles. The standard InChI is InChI=1S/C23H23Cl2N3O3S/c1-12(2)31-22(30)19-13(3)28(4)23(32)27-20(19)14-5-8-16(9-6-14)26-21(29)15-7-10-17(24)18(25)11-15/h5-12,20H,1-4H3,(H,26,29)(H,27,32). The summed E-state index contributed by atoms with van der Waals surface area (Å²) < 4.78 is 5.45. The van der Waals surface area contributed by atoms with Gasteiger partial charge in [-0.1, -0.05) is 35.3 Å². The highest BCUT2D eigenvalue weighted by atomic mass is 35.5. The van der Waals surface area contributed by atoms with Crippen molar-refractivity contribution < 1.29 is 14.3 Å². The van der Waals surface area contributed by atoms with Gasteiger partial charge in [-0.15, -0.1) is 0 Å². The molecule has 0 spiro atoms. The number of hydrogen-bond acceptors (Lipinski definition) is 4. The summed E-state index contributed by atoms with van der Waals surface area (Å²) >= 11 is 17.3. The molecule has 168 valence electrons. The molecule has 0 fully saturated rings. The average Bonchev–Trinajstić information content (AvgIpc) is 2.73. The van der Waals surface area contributed by atoms with Crippen molar-refractivity contribution >= 4 is 58.1 Å². The molecule has 2 aromatic carbocycles. The van der Waals surface area contributed by atoms with Crippen molar-refractivity contribution in [2.75, 3.05) is 12.4 Å². The Morgan fingerprint density at radius 3 is 2.38 bits per heavy atom. The van der Waals surface area contributed by atoms with Crippen LogP contribution in [-0.2, 0) is 9.53 Å². The minimum atomic E-state index is -0.468. The molecule has 0 radical (unpaired) electrons. The van der Waals surface area contributed by atoms with Crippen LogP contribution in [0, 0.1) is 0 Å². The third-order valence-electron chi connectivity index (χ3n) is 5.00. The number of rotatable bonds is 5. The van der Waals surface area contributed by atoms with Gasteiger partial charge in [-0.25, -0.2) is 4.79 Å². The van der Waals surface area contributed by atoms with E-state index in [1.54, 1.807) is 50.1 Å². The second-order valence-electron chi connectivity index (χ2n) is 7.60. The van der Waals surface area contributed by atoms with Gasteiger partial charge in [-0.2, -0.15) is 0 Å². The van der Waals surface area contributed by atoms with Gasteiger partial charge in [-0.3, -0.25) is 4.79 Å². The van der Waals surface area contributed by atoms with Crippen molar-refractivity contribution in [1.82, 2.24) is 10.2 Å². The minimum Gasteiger partial charge on any atom is -0.459 e. The van der Waals surface area contributed by atoms with Gasteiger partial charge in [0.05, 0.1) is 27.8 Å². The Balaban J connectivity index is 1.84. The number of carbonyl (C=O) groups is 2. The van der Waals surface area contributed by atoms with Crippen molar-refractivity contribution in [3.05, 3.63) is 74.9 Å². The molecular formula is C23H23Cl2N3O3S. The Kier molecular flexibility index (Phi) is 7.44. The quantitative estimate of drug-likeness (QED) is 0.434. The zero-order valence-corrected chi connectivity index (χ0v) is 20.4. The maximum atomic E-state index is 12.8. The second kappa shape index (κ2) is 9.90. The van der Waals surface area contributed by atoms with Crippen LogP contribution in [0.1, 0.15) is 42.7 Å². The van der Waals surface area contributed by atoms with Gasteiger partial charge >= 0.3 is 5.97 Å². The van der Waals surface area contributed by atoms with Crippen LogP contribution in [0.15, 0.2) is 53.7 Å². The number of esters is 1. The molecular weight excluding hydrogens is 469 g/mol. The summed E-state index contributed by atoms with van der Waals surface area (Å²) in [5.74, 6) is -0.715. The summed E-state index contributed by atoms with van der Waals surface area (Å²) in [5, 5.41) is 7.21. The van der Waals surface area contributed by atoms with E-state index in [1.807, 2.05) is 19.1 Å². The molecule has 1 aliphatic rings. The molecule has 1 heterocycles. The van der Waals surface area contributed by atoms with E-state index in [4.69, 9.17) is 40.2 Å². The zero-order valence-electron chi connectivity index (χ0n) is 18.0. The first-order chi connectivity index (χ1) is 15.1. The number of anilines is 1. The molecule has 0 aromatic heterocycles. The van der Waals surface area contributed by atoms with E-state index in [2.05, 4.69) is 10.6 Å². The lowest BCUT2D eigenvalue weighted by molar-refractivity contribution is -0.143. The van der Waals surface area contributed by atoms with Gasteiger partial charge in [0.2, 0.25) is 0 Å². The third kappa shape index (κ3) is 5.23. The molecule has 2 N–H and O–H groups in total. The highest BCUT2D eigenvalue weighted by Crippen LogP contribution is 2.32. The number of amides is 1. The molecule has 1 amide bonds. The van der Waals surface area contributed by atoms with Gasteiger partial charge in [-0.05, 0) is 68.9 Å². The van der Waals surface area contributed by atoms with Crippen molar-refractivity contribution in [2.45, 2.75) is 32.9 Å². The number of nitrogens with zero attached hydrogens (tertiary/aromatic N) is 1. The van der Waals surface area contributed by atoms with Crippen LogP contribution >= 0.6 is 35.4 Å².